The Labute approximate surface area is 148 Å². The van der Waals surface area contributed by atoms with Gasteiger partial charge in [0.05, 0.1) is 17.9 Å². The number of aromatic nitrogens is 2. The number of rotatable bonds is 8. The number of carbonyl (C=O) groups is 2. The number of carbonyl (C=O) groups excluding carboxylic acids is 2. The van der Waals surface area contributed by atoms with E-state index in [0.717, 1.165) is 9.90 Å². The molecule has 0 fully saturated rings. The van der Waals surface area contributed by atoms with Gasteiger partial charge in [0, 0.05) is 18.6 Å². The van der Waals surface area contributed by atoms with Crippen LogP contribution in [-0.2, 0) is 9.53 Å². The molecule has 0 atom stereocenters. The minimum Gasteiger partial charge on any atom is -0.383 e. The average molecular weight is 366 g/mol. The van der Waals surface area contributed by atoms with Crippen molar-refractivity contribution in [3.05, 3.63) is 34.8 Å². The lowest BCUT2D eigenvalue weighted by molar-refractivity contribution is -0.118. The highest BCUT2D eigenvalue weighted by Crippen LogP contribution is 2.24. The van der Waals surface area contributed by atoms with Gasteiger partial charge < -0.3 is 10.1 Å². The van der Waals surface area contributed by atoms with Crippen molar-refractivity contribution in [3.8, 4) is 0 Å². The van der Waals surface area contributed by atoms with Crippen molar-refractivity contribution in [3.63, 3.8) is 0 Å². The molecule has 1 heterocycles. The van der Waals surface area contributed by atoms with E-state index in [1.807, 2.05) is 19.1 Å². The molecule has 128 valence electrons. The Morgan fingerprint density at radius 3 is 2.79 bits per heavy atom. The highest BCUT2D eigenvalue weighted by molar-refractivity contribution is 8.00. The van der Waals surface area contributed by atoms with Gasteiger partial charge in [0.25, 0.3) is 5.91 Å². The number of hydrogen-bond donors (Lipinski definition) is 2. The lowest BCUT2D eigenvalue weighted by Crippen LogP contribution is -2.28. The third-order valence-electron chi connectivity index (χ3n) is 2.87. The van der Waals surface area contributed by atoms with Crippen LogP contribution >= 0.6 is 23.1 Å². The first-order valence-electron chi connectivity index (χ1n) is 7.19. The molecule has 0 unspecified atom stereocenters. The zero-order valence-corrected chi connectivity index (χ0v) is 15.0. The largest absolute Gasteiger partial charge is 0.383 e. The summed E-state index contributed by atoms with van der Waals surface area (Å²) in [6.07, 6.45) is 0. The summed E-state index contributed by atoms with van der Waals surface area (Å²) < 4.78 is 4.88. The van der Waals surface area contributed by atoms with Crippen molar-refractivity contribution in [1.82, 2.24) is 15.5 Å². The molecule has 2 N–H and O–H groups in total. The normalized spacial score (nSPS) is 10.4. The van der Waals surface area contributed by atoms with Gasteiger partial charge in [0.1, 0.15) is 5.01 Å². The summed E-state index contributed by atoms with van der Waals surface area (Å²) in [6.45, 7) is 2.75. The van der Waals surface area contributed by atoms with Crippen molar-refractivity contribution in [2.75, 3.05) is 31.3 Å². The molecule has 0 aliphatic rings. The van der Waals surface area contributed by atoms with Gasteiger partial charge >= 0.3 is 0 Å². The van der Waals surface area contributed by atoms with E-state index in [9.17, 15) is 9.59 Å². The molecule has 0 saturated heterocycles. The minimum atomic E-state index is -0.269. The van der Waals surface area contributed by atoms with E-state index in [1.54, 1.807) is 19.2 Å². The lowest BCUT2D eigenvalue weighted by atomic mass is 10.2. The van der Waals surface area contributed by atoms with Crippen molar-refractivity contribution >= 4 is 40.0 Å². The molecule has 0 radical (unpaired) electrons. The molecule has 0 spiro atoms. The van der Waals surface area contributed by atoms with Crippen LogP contribution in [0.25, 0.3) is 0 Å². The van der Waals surface area contributed by atoms with Crippen LogP contribution in [0.5, 0.6) is 0 Å². The molecule has 7 nitrogen and oxygen atoms in total. The van der Waals surface area contributed by atoms with Gasteiger partial charge in [-0.2, -0.15) is 0 Å². The first kappa shape index (κ1) is 18.4. The molecule has 2 rings (SSSR count). The number of thioether (sulfide) groups is 1. The smallest absolute Gasteiger partial charge is 0.258 e. The number of nitrogens with zero attached hydrogens (tertiary/aromatic N) is 2. The lowest BCUT2D eigenvalue weighted by Gasteiger charge is -2.08. The Morgan fingerprint density at radius 1 is 1.29 bits per heavy atom. The van der Waals surface area contributed by atoms with Crippen LogP contribution in [0.15, 0.2) is 29.2 Å². The quantitative estimate of drug-likeness (QED) is 0.548. The van der Waals surface area contributed by atoms with Gasteiger partial charge in [-0.1, -0.05) is 23.5 Å². The van der Waals surface area contributed by atoms with Crippen LogP contribution in [0, 0.1) is 6.92 Å². The molecule has 0 aliphatic carbocycles. The van der Waals surface area contributed by atoms with Crippen LogP contribution < -0.4 is 10.6 Å². The van der Waals surface area contributed by atoms with Crippen LogP contribution in [0.1, 0.15) is 15.4 Å². The van der Waals surface area contributed by atoms with Crippen molar-refractivity contribution in [2.24, 2.45) is 0 Å². The van der Waals surface area contributed by atoms with Crippen molar-refractivity contribution < 1.29 is 14.3 Å². The van der Waals surface area contributed by atoms with Crippen LogP contribution in [-0.4, -0.2) is 48.0 Å². The SMILES string of the molecule is COCCNC(=O)CSc1ccccc1C(=O)Nc1nnc(C)s1. The fraction of sp³-hybridized carbons (Fsp3) is 0.333. The highest BCUT2D eigenvalue weighted by atomic mass is 32.2. The number of amides is 2. The second-order valence-corrected chi connectivity index (χ2v) is 6.91. The summed E-state index contributed by atoms with van der Waals surface area (Å²) in [5.74, 6) is -0.146. The van der Waals surface area contributed by atoms with E-state index in [-0.39, 0.29) is 17.6 Å². The second-order valence-electron chi connectivity index (χ2n) is 4.71. The number of methoxy groups -OCH3 is 1. The van der Waals surface area contributed by atoms with Crippen molar-refractivity contribution in [2.45, 2.75) is 11.8 Å². The van der Waals surface area contributed by atoms with E-state index in [0.29, 0.717) is 23.8 Å². The van der Waals surface area contributed by atoms with Gasteiger partial charge in [-0.3, -0.25) is 14.9 Å². The third kappa shape index (κ3) is 5.59. The Kier molecular flexibility index (Phi) is 7.16. The van der Waals surface area contributed by atoms with E-state index in [4.69, 9.17) is 4.74 Å². The zero-order valence-electron chi connectivity index (χ0n) is 13.4. The molecule has 0 bridgehead atoms. The summed E-state index contributed by atoms with van der Waals surface area (Å²) in [5.41, 5.74) is 0.500. The number of hydrogen-bond acceptors (Lipinski definition) is 7. The monoisotopic (exact) mass is 366 g/mol. The maximum atomic E-state index is 12.4. The Bertz CT molecular complexity index is 706. The summed E-state index contributed by atoms with van der Waals surface area (Å²) in [4.78, 5) is 24.9. The molecule has 9 heteroatoms. The number of ether oxygens (including phenoxy) is 1. The third-order valence-corrected chi connectivity index (χ3v) is 4.69. The van der Waals surface area contributed by atoms with E-state index in [1.165, 1.54) is 23.1 Å². The van der Waals surface area contributed by atoms with Gasteiger partial charge in [0.2, 0.25) is 11.0 Å². The average Bonchev–Trinajstić information content (AvgIpc) is 2.98. The molecule has 1 aromatic heterocycles. The van der Waals surface area contributed by atoms with Gasteiger partial charge in [0.15, 0.2) is 0 Å². The Hall–Kier alpha value is -1.97. The molecule has 0 saturated carbocycles. The predicted octanol–water partition coefficient (Wildman–Crippen LogP) is 1.95. The molecule has 2 amide bonds. The van der Waals surface area contributed by atoms with Crippen molar-refractivity contribution in [1.29, 1.82) is 0 Å². The zero-order chi connectivity index (χ0) is 17.4. The standard InChI is InChI=1S/C15H18N4O3S2/c1-10-18-19-15(24-10)17-14(21)11-5-3-4-6-12(11)23-9-13(20)16-7-8-22-2/h3-6H,7-9H2,1-2H3,(H,16,20)(H,17,19,21). The summed E-state index contributed by atoms with van der Waals surface area (Å²) in [7, 11) is 1.58. The molecule has 0 aliphatic heterocycles. The number of benzene rings is 1. The van der Waals surface area contributed by atoms with Crippen LogP contribution in [0.3, 0.4) is 0 Å². The molecule has 2 aromatic rings. The topological polar surface area (TPSA) is 93.2 Å². The van der Waals surface area contributed by atoms with E-state index in [2.05, 4.69) is 20.8 Å². The first-order chi connectivity index (χ1) is 11.6. The number of nitrogens with one attached hydrogen (secondary N) is 2. The summed E-state index contributed by atoms with van der Waals surface area (Å²) in [5, 5.41) is 14.4. The molecular formula is C15H18N4O3S2. The summed E-state index contributed by atoms with van der Waals surface area (Å²) >= 11 is 2.62. The van der Waals surface area contributed by atoms with Gasteiger partial charge in [-0.15, -0.1) is 22.0 Å². The maximum absolute atomic E-state index is 12.4. The second kappa shape index (κ2) is 9.36. The minimum absolute atomic E-state index is 0.105. The fourth-order valence-corrected chi connectivity index (χ4v) is 3.25. The van der Waals surface area contributed by atoms with Gasteiger partial charge in [-0.05, 0) is 19.1 Å². The number of aryl methyl sites for hydroxylation is 1. The predicted molar refractivity (Wildman–Crippen MR) is 94.7 cm³/mol. The highest BCUT2D eigenvalue weighted by Gasteiger charge is 2.14. The van der Waals surface area contributed by atoms with Crippen LogP contribution in [0.2, 0.25) is 0 Å². The Balaban J connectivity index is 1.96. The van der Waals surface area contributed by atoms with E-state index >= 15 is 0 Å². The maximum Gasteiger partial charge on any atom is 0.258 e. The number of anilines is 1. The first-order valence-corrected chi connectivity index (χ1v) is 8.99. The van der Waals surface area contributed by atoms with E-state index < -0.39 is 0 Å². The molecular weight excluding hydrogens is 348 g/mol. The van der Waals surface area contributed by atoms with Crippen LogP contribution in [0.4, 0.5) is 5.13 Å². The Morgan fingerprint density at radius 2 is 2.08 bits per heavy atom. The summed E-state index contributed by atoms with van der Waals surface area (Å²) in [6, 6.07) is 7.14. The van der Waals surface area contributed by atoms with Gasteiger partial charge in [-0.25, -0.2) is 0 Å². The molecule has 24 heavy (non-hydrogen) atoms. The fourth-order valence-electron chi connectivity index (χ4n) is 1.78. The molecule has 1 aromatic carbocycles.